The molecule has 1 rings (SSSR count). The molecule has 0 saturated heterocycles. The molecule has 0 fully saturated rings. The minimum absolute atomic E-state index is 0.285. The first-order chi connectivity index (χ1) is 7.51. The van der Waals surface area contributed by atoms with Gasteiger partial charge in [-0.05, 0) is 17.7 Å². The standard InChI is InChI=1S/C10H12BrF3N2/c11-3-6-16(8-10(12,13)14)7-9-1-4-15-5-2-9/h1-2,4-5H,3,6-8H2. The fraction of sp³-hybridized carbons (Fsp3) is 0.500. The summed E-state index contributed by atoms with van der Waals surface area (Å²) in [4.78, 5) is 5.17. The fourth-order valence-electron chi connectivity index (χ4n) is 1.33. The topological polar surface area (TPSA) is 16.1 Å². The minimum atomic E-state index is -4.16. The lowest BCUT2D eigenvalue weighted by atomic mass is 10.2. The van der Waals surface area contributed by atoms with Gasteiger partial charge in [-0.1, -0.05) is 15.9 Å². The van der Waals surface area contributed by atoms with Gasteiger partial charge >= 0.3 is 6.18 Å². The predicted octanol–water partition coefficient (Wildman–Crippen LogP) is 2.84. The van der Waals surface area contributed by atoms with Crippen LogP contribution in [-0.4, -0.2) is 34.5 Å². The van der Waals surface area contributed by atoms with E-state index in [1.807, 2.05) is 0 Å². The molecule has 0 unspecified atom stereocenters. The van der Waals surface area contributed by atoms with Crippen LogP contribution in [0.25, 0.3) is 0 Å². The van der Waals surface area contributed by atoms with Crippen molar-refractivity contribution in [3.8, 4) is 0 Å². The molecule has 1 heterocycles. The number of rotatable bonds is 5. The van der Waals surface area contributed by atoms with Crippen molar-refractivity contribution >= 4 is 15.9 Å². The summed E-state index contributed by atoms with van der Waals surface area (Å²) in [5.74, 6) is 0. The highest BCUT2D eigenvalue weighted by atomic mass is 79.9. The summed E-state index contributed by atoms with van der Waals surface area (Å²) in [5, 5.41) is 0.522. The molecule has 1 aromatic heterocycles. The quantitative estimate of drug-likeness (QED) is 0.777. The van der Waals surface area contributed by atoms with Gasteiger partial charge in [-0.15, -0.1) is 0 Å². The van der Waals surface area contributed by atoms with Crippen LogP contribution in [0, 0.1) is 0 Å². The predicted molar refractivity (Wildman–Crippen MR) is 59.4 cm³/mol. The molecule has 0 aliphatic rings. The largest absolute Gasteiger partial charge is 0.401 e. The lowest BCUT2D eigenvalue weighted by Crippen LogP contribution is -2.35. The number of alkyl halides is 4. The Morgan fingerprint density at radius 2 is 1.88 bits per heavy atom. The number of pyridine rings is 1. The van der Waals surface area contributed by atoms with Crippen molar-refractivity contribution in [3.63, 3.8) is 0 Å². The monoisotopic (exact) mass is 296 g/mol. The average molecular weight is 297 g/mol. The third-order valence-corrected chi connectivity index (χ3v) is 2.31. The number of hydrogen-bond donors (Lipinski definition) is 0. The summed E-state index contributed by atoms with van der Waals surface area (Å²) in [5.41, 5.74) is 0.834. The fourth-order valence-corrected chi connectivity index (χ4v) is 1.84. The third kappa shape index (κ3) is 5.46. The van der Waals surface area contributed by atoms with Gasteiger partial charge in [-0.3, -0.25) is 9.88 Å². The molecule has 0 aliphatic heterocycles. The summed E-state index contributed by atoms with van der Waals surface area (Å²) < 4.78 is 36.8. The Morgan fingerprint density at radius 1 is 1.25 bits per heavy atom. The molecule has 0 radical (unpaired) electrons. The van der Waals surface area contributed by atoms with E-state index in [1.54, 1.807) is 24.5 Å². The van der Waals surface area contributed by atoms with E-state index in [0.717, 1.165) is 5.56 Å². The highest BCUT2D eigenvalue weighted by Crippen LogP contribution is 2.18. The Hall–Kier alpha value is -0.620. The van der Waals surface area contributed by atoms with Crippen molar-refractivity contribution in [2.75, 3.05) is 18.4 Å². The van der Waals surface area contributed by atoms with Crippen LogP contribution in [-0.2, 0) is 6.54 Å². The van der Waals surface area contributed by atoms with Gasteiger partial charge in [0.2, 0.25) is 0 Å². The number of hydrogen-bond acceptors (Lipinski definition) is 2. The van der Waals surface area contributed by atoms with Gasteiger partial charge in [-0.2, -0.15) is 13.2 Å². The third-order valence-electron chi connectivity index (χ3n) is 1.96. The van der Waals surface area contributed by atoms with Crippen molar-refractivity contribution in [2.45, 2.75) is 12.7 Å². The van der Waals surface area contributed by atoms with Crippen LogP contribution in [0.15, 0.2) is 24.5 Å². The maximum Gasteiger partial charge on any atom is 0.401 e. The van der Waals surface area contributed by atoms with Gasteiger partial charge in [0.05, 0.1) is 6.54 Å². The highest BCUT2D eigenvalue weighted by molar-refractivity contribution is 9.09. The van der Waals surface area contributed by atoms with E-state index in [9.17, 15) is 13.2 Å². The van der Waals surface area contributed by atoms with Gasteiger partial charge in [0.15, 0.2) is 0 Å². The van der Waals surface area contributed by atoms with Crippen molar-refractivity contribution < 1.29 is 13.2 Å². The van der Waals surface area contributed by atoms with E-state index in [4.69, 9.17) is 0 Å². The number of nitrogens with zero attached hydrogens (tertiary/aromatic N) is 2. The Morgan fingerprint density at radius 3 is 2.38 bits per heavy atom. The second-order valence-corrected chi connectivity index (χ2v) is 4.16. The summed E-state index contributed by atoms with van der Waals surface area (Å²) in [6, 6.07) is 3.44. The van der Waals surface area contributed by atoms with Crippen molar-refractivity contribution in [1.82, 2.24) is 9.88 Å². The molecule has 0 bridgehead atoms. The second kappa shape index (κ2) is 6.20. The maximum atomic E-state index is 12.3. The van der Waals surface area contributed by atoms with E-state index in [0.29, 0.717) is 11.9 Å². The SMILES string of the molecule is FC(F)(F)CN(CCBr)Cc1ccncc1. The molecule has 0 aliphatic carbocycles. The zero-order valence-electron chi connectivity index (χ0n) is 8.54. The smallest absolute Gasteiger partial charge is 0.290 e. The van der Waals surface area contributed by atoms with E-state index in [2.05, 4.69) is 20.9 Å². The Balaban J connectivity index is 2.58. The second-order valence-electron chi connectivity index (χ2n) is 3.37. The summed E-state index contributed by atoms with van der Waals surface area (Å²) >= 11 is 3.15. The van der Waals surface area contributed by atoms with Crippen LogP contribution in [0.1, 0.15) is 5.56 Å². The Kier molecular flexibility index (Phi) is 5.21. The molecule has 0 N–H and O–H groups in total. The summed E-state index contributed by atoms with van der Waals surface area (Å²) in [6.07, 6.45) is -1.00. The maximum absolute atomic E-state index is 12.3. The molecule has 1 aromatic rings. The van der Waals surface area contributed by atoms with Crippen LogP contribution in [0.2, 0.25) is 0 Å². The van der Waals surface area contributed by atoms with Crippen LogP contribution < -0.4 is 0 Å². The molecule has 2 nitrogen and oxygen atoms in total. The summed E-state index contributed by atoms with van der Waals surface area (Å²) in [6.45, 7) is -0.240. The van der Waals surface area contributed by atoms with E-state index in [-0.39, 0.29) is 6.54 Å². The lowest BCUT2D eigenvalue weighted by Gasteiger charge is -2.22. The first-order valence-electron chi connectivity index (χ1n) is 4.75. The Bertz CT molecular complexity index is 303. The average Bonchev–Trinajstić information content (AvgIpc) is 2.17. The molecule has 0 atom stereocenters. The van der Waals surface area contributed by atoms with Crippen molar-refractivity contribution in [3.05, 3.63) is 30.1 Å². The van der Waals surface area contributed by atoms with Gasteiger partial charge < -0.3 is 0 Å². The van der Waals surface area contributed by atoms with Crippen molar-refractivity contribution in [2.24, 2.45) is 0 Å². The first-order valence-corrected chi connectivity index (χ1v) is 5.87. The highest BCUT2D eigenvalue weighted by Gasteiger charge is 2.30. The van der Waals surface area contributed by atoms with Crippen molar-refractivity contribution in [1.29, 1.82) is 0 Å². The molecule has 0 saturated carbocycles. The lowest BCUT2D eigenvalue weighted by molar-refractivity contribution is -0.146. The van der Waals surface area contributed by atoms with E-state index < -0.39 is 12.7 Å². The van der Waals surface area contributed by atoms with Crippen LogP contribution in [0.5, 0.6) is 0 Å². The van der Waals surface area contributed by atoms with E-state index in [1.165, 1.54) is 4.90 Å². The normalized spacial score (nSPS) is 12.1. The number of halogens is 4. The molecule has 0 spiro atoms. The van der Waals surface area contributed by atoms with Gasteiger partial charge in [0.1, 0.15) is 0 Å². The van der Waals surface area contributed by atoms with Gasteiger partial charge in [-0.25, -0.2) is 0 Å². The van der Waals surface area contributed by atoms with Crippen LogP contribution >= 0.6 is 15.9 Å². The molecule has 90 valence electrons. The molecular formula is C10H12BrF3N2. The number of aromatic nitrogens is 1. The summed E-state index contributed by atoms with van der Waals surface area (Å²) in [7, 11) is 0. The van der Waals surface area contributed by atoms with Crippen LogP contribution in [0.4, 0.5) is 13.2 Å². The molecule has 16 heavy (non-hydrogen) atoms. The van der Waals surface area contributed by atoms with Gasteiger partial charge in [0, 0.05) is 30.8 Å². The minimum Gasteiger partial charge on any atom is -0.290 e. The van der Waals surface area contributed by atoms with Crippen LogP contribution in [0.3, 0.4) is 0 Å². The first kappa shape index (κ1) is 13.4. The molecule has 6 heteroatoms. The zero-order valence-corrected chi connectivity index (χ0v) is 10.1. The molecular weight excluding hydrogens is 285 g/mol. The zero-order chi connectivity index (χ0) is 12.0. The van der Waals surface area contributed by atoms with E-state index >= 15 is 0 Å². The van der Waals surface area contributed by atoms with Gasteiger partial charge in [0.25, 0.3) is 0 Å². The molecule has 0 aromatic carbocycles. The Labute approximate surface area is 101 Å². The molecule has 0 amide bonds.